The zero-order valence-corrected chi connectivity index (χ0v) is 34.7. The number of hydrogen-bond donors (Lipinski definition) is 4. The summed E-state index contributed by atoms with van der Waals surface area (Å²) in [4.78, 5) is 51.4. The van der Waals surface area contributed by atoms with Crippen molar-refractivity contribution < 1.29 is 39.6 Å². The monoisotopic (exact) mass is 794 g/mol. The van der Waals surface area contributed by atoms with Gasteiger partial charge in [-0.2, -0.15) is 0 Å². The molecule has 0 saturated carbocycles. The average molecular weight is 795 g/mol. The highest BCUT2D eigenvalue weighted by Crippen LogP contribution is 2.36. The summed E-state index contributed by atoms with van der Waals surface area (Å²) in [6.45, 7) is 11.0. The summed E-state index contributed by atoms with van der Waals surface area (Å²) in [7, 11) is 0. The number of unbranched alkanes of at least 4 members (excludes halogenated alkanes) is 6. The Morgan fingerprint density at radius 2 is 0.776 bits per heavy atom. The first-order valence-electron chi connectivity index (χ1n) is 20.8. The molecule has 0 radical (unpaired) electrons. The van der Waals surface area contributed by atoms with Crippen LogP contribution >= 0.6 is 0 Å². The van der Waals surface area contributed by atoms with Gasteiger partial charge in [0.25, 0.3) is 0 Å². The Morgan fingerprint density at radius 1 is 0.448 bits per heavy atom. The fourth-order valence-electron chi connectivity index (χ4n) is 7.21. The molecule has 0 aliphatic heterocycles. The normalized spacial score (nSPS) is 10.7. The largest absolute Gasteiger partial charge is 0.505 e. The summed E-state index contributed by atoms with van der Waals surface area (Å²) in [5.74, 6) is -1.57. The first-order valence-corrected chi connectivity index (χ1v) is 20.8. The Morgan fingerprint density at radius 3 is 1.09 bits per heavy atom. The van der Waals surface area contributed by atoms with Crippen molar-refractivity contribution in [3.05, 3.63) is 118 Å². The van der Waals surface area contributed by atoms with Gasteiger partial charge in [0.1, 0.15) is 11.5 Å². The van der Waals surface area contributed by atoms with Crippen LogP contribution in [0.2, 0.25) is 0 Å². The number of carboxylic acid groups (broad SMARTS) is 2. The van der Waals surface area contributed by atoms with Crippen LogP contribution in [0.5, 0.6) is 11.5 Å². The molecule has 0 saturated heterocycles. The third-order valence-corrected chi connectivity index (χ3v) is 10.5. The smallest absolute Gasteiger partial charge is 0.336 e. The second-order valence-electron chi connectivity index (χ2n) is 14.3. The van der Waals surface area contributed by atoms with Crippen LogP contribution in [0.3, 0.4) is 0 Å². The quantitative estimate of drug-likeness (QED) is 0.0398. The third-order valence-electron chi connectivity index (χ3n) is 10.5. The van der Waals surface area contributed by atoms with Gasteiger partial charge in [-0.05, 0) is 90.5 Å². The number of Topliss-reactive ketones (excluding diaryl/α,β-unsaturated/α-hetero) is 2. The van der Waals surface area contributed by atoms with Crippen LogP contribution in [-0.4, -0.2) is 70.1 Å². The highest BCUT2D eigenvalue weighted by atomic mass is 16.4. The van der Waals surface area contributed by atoms with Crippen molar-refractivity contribution in [1.82, 2.24) is 0 Å². The SMILES string of the molecule is CCN(CC)c1ccc(C(=O)O)c(CCCCCCC(=O)c2ccccc2)c1O.CCN(CC)c1ccc(C(=O)O)c(CCCCCCC(=O)c2ccccc2)c1O. The molecule has 4 N–H and O–H groups in total. The predicted molar refractivity (Wildman–Crippen MR) is 232 cm³/mol. The van der Waals surface area contributed by atoms with Crippen molar-refractivity contribution in [2.24, 2.45) is 0 Å². The predicted octanol–water partition coefficient (Wildman–Crippen LogP) is 10.6. The number of carbonyl (C=O) groups excluding carboxylic acids is 2. The molecule has 0 aliphatic rings. The van der Waals surface area contributed by atoms with E-state index >= 15 is 0 Å². The maximum absolute atomic E-state index is 12.1. The van der Waals surface area contributed by atoms with Crippen molar-refractivity contribution >= 4 is 34.9 Å². The molecule has 4 aromatic rings. The first-order chi connectivity index (χ1) is 28.0. The third kappa shape index (κ3) is 13.8. The maximum Gasteiger partial charge on any atom is 0.336 e. The summed E-state index contributed by atoms with van der Waals surface area (Å²) in [5.41, 5.74) is 4.19. The molecule has 58 heavy (non-hydrogen) atoms. The van der Waals surface area contributed by atoms with E-state index in [1.54, 1.807) is 24.3 Å². The van der Waals surface area contributed by atoms with E-state index in [0.717, 1.165) is 88.7 Å². The molecule has 0 spiro atoms. The number of phenolic OH excluding ortho intramolecular Hbond substituents is 2. The van der Waals surface area contributed by atoms with Crippen molar-refractivity contribution in [3.63, 3.8) is 0 Å². The molecule has 0 heterocycles. The number of carbonyl (C=O) groups is 4. The first kappa shape index (κ1) is 46.7. The number of benzene rings is 4. The van der Waals surface area contributed by atoms with E-state index in [1.165, 1.54) is 0 Å². The van der Waals surface area contributed by atoms with Crippen molar-refractivity contribution in [2.75, 3.05) is 36.0 Å². The van der Waals surface area contributed by atoms with Gasteiger partial charge in [0.15, 0.2) is 11.6 Å². The molecule has 10 nitrogen and oxygen atoms in total. The number of hydrogen-bond acceptors (Lipinski definition) is 8. The molecule has 0 atom stereocenters. The molecule has 4 rings (SSSR count). The lowest BCUT2D eigenvalue weighted by atomic mass is 9.97. The number of rotatable bonds is 24. The van der Waals surface area contributed by atoms with Gasteiger partial charge in [-0.1, -0.05) is 86.3 Å². The van der Waals surface area contributed by atoms with E-state index in [9.17, 15) is 39.6 Å². The van der Waals surface area contributed by atoms with Crippen LogP contribution in [0.1, 0.15) is 144 Å². The summed E-state index contributed by atoms with van der Waals surface area (Å²) in [6.07, 6.45) is 8.80. The Kier molecular flexibility index (Phi) is 20.0. The molecule has 0 aliphatic carbocycles. The zero-order valence-electron chi connectivity index (χ0n) is 34.7. The minimum Gasteiger partial charge on any atom is -0.505 e. The van der Waals surface area contributed by atoms with E-state index in [1.807, 2.05) is 98.2 Å². The number of phenols is 2. The van der Waals surface area contributed by atoms with Gasteiger partial charge in [0.05, 0.1) is 22.5 Å². The molecule has 0 fully saturated rings. The van der Waals surface area contributed by atoms with Crippen LogP contribution in [0.15, 0.2) is 84.9 Å². The number of ketones is 2. The topological polar surface area (TPSA) is 156 Å². The van der Waals surface area contributed by atoms with Crippen LogP contribution in [0.4, 0.5) is 11.4 Å². The summed E-state index contributed by atoms with van der Waals surface area (Å²) < 4.78 is 0. The van der Waals surface area contributed by atoms with Gasteiger partial charge in [0, 0.05) is 61.3 Å². The van der Waals surface area contributed by atoms with E-state index < -0.39 is 11.9 Å². The van der Waals surface area contributed by atoms with Crippen LogP contribution in [0.25, 0.3) is 0 Å². The maximum atomic E-state index is 12.1. The molecule has 0 amide bonds. The summed E-state index contributed by atoms with van der Waals surface area (Å²) in [6, 6.07) is 25.1. The molecular weight excluding hydrogens is 733 g/mol. The highest BCUT2D eigenvalue weighted by molar-refractivity contribution is 5.96. The molecular formula is C48H62N2O8. The standard InChI is InChI=1S/2C24H31NO4/c2*1-3-25(4-2)21-17-16-20(24(28)29)19(23(21)27)14-10-5-6-11-15-22(26)18-12-8-7-9-13-18/h2*7-9,12-13,16-17,27H,3-6,10-11,14-15H2,1-2H3,(H,28,29). The molecule has 4 aromatic carbocycles. The van der Waals surface area contributed by atoms with Gasteiger partial charge in [0.2, 0.25) is 0 Å². The number of carboxylic acids is 2. The van der Waals surface area contributed by atoms with Gasteiger partial charge < -0.3 is 30.2 Å². The Hall–Kier alpha value is -5.64. The Labute approximate surface area is 344 Å². The van der Waals surface area contributed by atoms with Crippen LogP contribution in [0, 0.1) is 0 Å². The lowest BCUT2D eigenvalue weighted by Crippen LogP contribution is -2.22. The van der Waals surface area contributed by atoms with Gasteiger partial charge >= 0.3 is 11.9 Å². The molecule has 10 heteroatoms. The summed E-state index contributed by atoms with van der Waals surface area (Å²) >= 11 is 0. The van der Waals surface area contributed by atoms with Crippen molar-refractivity contribution in [3.8, 4) is 11.5 Å². The Balaban J connectivity index is 0.000000310. The van der Waals surface area contributed by atoms with Gasteiger partial charge in [-0.3, -0.25) is 9.59 Å². The van der Waals surface area contributed by atoms with E-state index in [0.29, 0.717) is 48.2 Å². The Bertz CT molecular complexity index is 1770. The van der Waals surface area contributed by atoms with Crippen LogP contribution in [-0.2, 0) is 12.8 Å². The number of aromatic carboxylic acids is 2. The van der Waals surface area contributed by atoms with Gasteiger partial charge in [-0.25, -0.2) is 9.59 Å². The summed E-state index contributed by atoms with van der Waals surface area (Å²) in [5, 5.41) is 40.4. The second-order valence-corrected chi connectivity index (χ2v) is 14.3. The second kappa shape index (κ2) is 24.9. The van der Waals surface area contributed by atoms with E-state index in [4.69, 9.17) is 0 Å². The number of anilines is 2. The molecule has 0 unspecified atom stereocenters. The van der Waals surface area contributed by atoms with Crippen molar-refractivity contribution in [2.45, 2.75) is 105 Å². The number of aromatic hydroxyl groups is 2. The fourth-order valence-corrected chi connectivity index (χ4v) is 7.21. The molecule has 312 valence electrons. The van der Waals surface area contributed by atoms with E-state index in [2.05, 4.69) is 0 Å². The van der Waals surface area contributed by atoms with Crippen molar-refractivity contribution in [1.29, 1.82) is 0 Å². The van der Waals surface area contributed by atoms with Crippen LogP contribution < -0.4 is 9.80 Å². The molecule has 0 aromatic heterocycles. The average Bonchev–Trinajstić information content (AvgIpc) is 3.23. The minimum absolute atomic E-state index is 0.0767. The van der Waals surface area contributed by atoms with E-state index in [-0.39, 0.29) is 34.2 Å². The zero-order chi connectivity index (χ0) is 42.5. The molecule has 0 bridgehead atoms. The lowest BCUT2D eigenvalue weighted by molar-refractivity contribution is 0.0684. The highest BCUT2D eigenvalue weighted by Gasteiger charge is 2.21. The minimum atomic E-state index is -1.02. The van der Waals surface area contributed by atoms with Gasteiger partial charge in [-0.15, -0.1) is 0 Å². The fraction of sp³-hybridized carbons (Fsp3) is 0.417. The number of nitrogens with zero attached hydrogens (tertiary/aromatic N) is 2. The lowest BCUT2D eigenvalue weighted by Gasteiger charge is -2.24.